The number of nitrogens with one attached hydrogen (secondary N) is 1. The lowest BCUT2D eigenvalue weighted by Gasteiger charge is -2.14. The number of carbonyl (C=O) groups is 4. The van der Waals surface area contributed by atoms with Gasteiger partial charge in [-0.2, -0.15) is 0 Å². The van der Waals surface area contributed by atoms with E-state index in [0.717, 1.165) is 5.56 Å². The molecule has 0 bridgehead atoms. The molecule has 2 aromatic rings. The molecule has 0 saturated carbocycles. The minimum Gasteiger partial charge on any atom is -0.345 e. The number of hydrogen-bond acceptors (Lipinski definition) is 4. The molecular weight excluding hydrogens is 406 g/mol. The number of hydrogen-bond donors (Lipinski definition) is 1. The molecule has 0 saturated heterocycles. The van der Waals surface area contributed by atoms with Crippen LogP contribution in [0.3, 0.4) is 0 Å². The van der Waals surface area contributed by atoms with Gasteiger partial charge in [-0.25, -0.2) is 0 Å². The first-order valence-electron chi connectivity index (χ1n) is 9.47. The second-order valence-corrected chi connectivity index (χ2v) is 7.76. The lowest BCUT2D eigenvalue weighted by molar-refractivity contribution is -0.116. The second kappa shape index (κ2) is 8.67. The Morgan fingerprint density at radius 1 is 1.03 bits per heavy atom. The van der Waals surface area contributed by atoms with Gasteiger partial charge in [-0.1, -0.05) is 23.2 Å². The third-order valence-electron chi connectivity index (χ3n) is 4.80. The van der Waals surface area contributed by atoms with E-state index in [1.807, 2.05) is 6.92 Å². The molecule has 1 aliphatic rings. The molecule has 30 heavy (non-hydrogen) atoms. The van der Waals surface area contributed by atoms with Gasteiger partial charge in [0.25, 0.3) is 17.7 Å². The Hall–Kier alpha value is -3.19. The number of aryl methyl sites for hydroxylation is 1. The average molecular weight is 428 g/mol. The maximum Gasteiger partial charge on any atom is 0.261 e. The van der Waals surface area contributed by atoms with Crippen molar-refractivity contribution in [3.63, 3.8) is 0 Å². The van der Waals surface area contributed by atoms with Crippen LogP contribution in [0.1, 0.15) is 49.5 Å². The van der Waals surface area contributed by atoms with Gasteiger partial charge in [-0.05, 0) is 43.7 Å². The second-order valence-electron chi connectivity index (χ2n) is 7.36. The van der Waals surface area contributed by atoms with Crippen molar-refractivity contribution in [1.82, 2.24) is 9.80 Å². The van der Waals surface area contributed by atoms with Crippen LogP contribution in [-0.2, 0) is 4.79 Å². The van der Waals surface area contributed by atoms with Crippen molar-refractivity contribution in [3.05, 3.63) is 63.7 Å². The van der Waals surface area contributed by atoms with Gasteiger partial charge in [-0.3, -0.25) is 24.1 Å². The summed E-state index contributed by atoms with van der Waals surface area (Å²) in [6, 6.07) is 9.84. The highest BCUT2D eigenvalue weighted by Crippen LogP contribution is 2.25. The van der Waals surface area contributed by atoms with Gasteiger partial charge in [0.15, 0.2) is 0 Å². The van der Waals surface area contributed by atoms with E-state index >= 15 is 0 Å². The summed E-state index contributed by atoms with van der Waals surface area (Å²) in [6.07, 6.45) is 0.444. The van der Waals surface area contributed by atoms with Crippen LogP contribution < -0.4 is 5.32 Å². The van der Waals surface area contributed by atoms with Crippen molar-refractivity contribution in [2.75, 3.05) is 26.0 Å². The number of benzene rings is 2. The van der Waals surface area contributed by atoms with E-state index in [9.17, 15) is 19.2 Å². The molecule has 4 amide bonds. The molecule has 0 aromatic heterocycles. The SMILES string of the molecule is Cc1ccc2c(c1)C(=O)N(CCCC(=O)Nc1ccc(Cl)c(C(=O)N(C)C)c1)C2=O. The molecule has 1 N–H and O–H groups in total. The largest absolute Gasteiger partial charge is 0.345 e. The first-order valence-corrected chi connectivity index (χ1v) is 9.84. The molecule has 0 spiro atoms. The Morgan fingerprint density at radius 3 is 2.43 bits per heavy atom. The summed E-state index contributed by atoms with van der Waals surface area (Å²) in [5.41, 5.74) is 2.45. The molecule has 1 heterocycles. The Morgan fingerprint density at radius 2 is 1.73 bits per heavy atom. The van der Waals surface area contributed by atoms with Crippen LogP contribution in [0, 0.1) is 6.92 Å². The first-order chi connectivity index (χ1) is 14.2. The number of fused-ring (bicyclic) bond motifs is 1. The normalized spacial score (nSPS) is 12.7. The molecular formula is C22H22ClN3O4. The van der Waals surface area contributed by atoms with E-state index in [1.165, 1.54) is 15.9 Å². The van der Waals surface area contributed by atoms with Gasteiger partial charge < -0.3 is 10.2 Å². The van der Waals surface area contributed by atoms with Crippen molar-refractivity contribution in [2.45, 2.75) is 19.8 Å². The Kier molecular flexibility index (Phi) is 6.22. The Balaban J connectivity index is 1.57. The third kappa shape index (κ3) is 4.36. The summed E-state index contributed by atoms with van der Waals surface area (Å²) >= 11 is 6.07. The van der Waals surface area contributed by atoms with Gasteiger partial charge in [0.05, 0.1) is 21.7 Å². The predicted molar refractivity (Wildman–Crippen MR) is 114 cm³/mol. The number of anilines is 1. The van der Waals surface area contributed by atoms with Crippen molar-refractivity contribution >= 4 is 40.9 Å². The summed E-state index contributed by atoms with van der Waals surface area (Å²) in [4.78, 5) is 51.9. The minimum atomic E-state index is -0.333. The number of amides is 4. The third-order valence-corrected chi connectivity index (χ3v) is 5.13. The number of halogens is 1. The zero-order chi connectivity index (χ0) is 22.0. The van der Waals surface area contributed by atoms with E-state index in [2.05, 4.69) is 5.32 Å². The average Bonchev–Trinajstić information content (AvgIpc) is 2.93. The molecule has 0 atom stereocenters. The fourth-order valence-corrected chi connectivity index (χ4v) is 3.44. The predicted octanol–water partition coefficient (Wildman–Crippen LogP) is 3.37. The lowest BCUT2D eigenvalue weighted by atomic mass is 10.1. The molecule has 0 radical (unpaired) electrons. The highest BCUT2D eigenvalue weighted by Gasteiger charge is 2.34. The van der Waals surface area contributed by atoms with Crippen LogP contribution in [0.25, 0.3) is 0 Å². The van der Waals surface area contributed by atoms with Gasteiger partial charge in [-0.15, -0.1) is 0 Å². The van der Waals surface area contributed by atoms with Crippen LogP contribution in [-0.4, -0.2) is 54.1 Å². The fraction of sp³-hybridized carbons (Fsp3) is 0.273. The van der Waals surface area contributed by atoms with Gasteiger partial charge in [0.1, 0.15) is 0 Å². The van der Waals surface area contributed by atoms with Crippen LogP contribution in [0.15, 0.2) is 36.4 Å². The van der Waals surface area contributed by atoms with E-state index in [-0.39, 0.29) is 36.6 Å². The van der Waals surface area contributed by atoms with Crippen LogP contribution in [0.4, 0.5) is 5.69 Å². The van der Waals surface area contributed by atoms with Crippen molar-refractivity contribution in [1.29, 1.82) is 0 Å². The number of carbonyl (C=O) groups excluding carboxylic acids is 4. The molecule has 8 heteroatoms. The van der Waals surface area contributed by atoms with Crippen molar-refractivity contribution < 1.29 is 19.2 Å². The van der Waals surface area contributed by atoms with Crippen molar-refractivity contribution in [3.8, 4) is 0 Å². The Labute approximate surface area is 179 Å². The van der Waals surface area contributed by atoms with Gasteiger partial charge in [0.2, 0.25) is 5.91 Å². The molecule has 0 unspecified atom stereocenters. The molecule has 0 aliphatic carbocycles. The molecule has 0 fully saturated rings. The topological polar surface area (TPSA) is 86.8 Å². The van der Waals surface area contributed by atoms with E-state index < -0.39 is 0 Å². The summed E-state index contributed by atoms with van der Waals surface area (Å²) < 4.78 is 0. The highest BCUT2D eigenvalue weighted by molar-refractivity contribution is 6.34. The maximum atomic E-state index is 12.5. The van der Waals surface area contributed by atoms with E-state index in [0.29, 0.717) is 33.8 Å². The Bertz CT molecular complexity index is 1050. The molecule has 3 rings (SSSR count). The zero-order valence-corrected chi connectivity index (χ0v) is 17.7. The number of imide groups is 1. The first kappa shape index (κ1) is 21.5. The van der Waals surface area contributed by atoms with Crippen LogP contribution in [0.2, 0.25) is 5.02 Å². The minimum absolute atomic E-state index is 0.117. The van der Waals surface area contributed by atoms with E-state index in [1.54, 1.807) is 44.4 Å². The summed E-state index contributed by atoms with van der Waals surface area (Å²) in [6.45, 7) is 2.02. The quantitative estimate of drug-likeness (QED) is 0.716. The van der Waals surface area contributed by atoms with Crippen LogP contribution in [0.5, 0.6) is 0 Å². The van der Waals surface area contributed by atoms with Gasteiger partial charge >= 0.3 is 0 Å². The molecule has 7 nitrogen and oxygen atoms in total. The van der Waals surface area contributed by atoms with Crippen molar-refractivity contribution in [2.24, 2.45) is 0 Å². The van der Waals surface area contributed by atoms with E-state index in [4.69, 9.17) is 11.6 Å². The fourth-order valence-electron chi connectivity index (χ4n) is 3.24. The zero-order valence-electron chi connectivity index (χ0n) is 17.0. The smallest absolute Gasteiger partial charge is 0.261 e. The van der Waals surface area contributed by atoms with Crippen LogP contribution >= 0.6 is 11.6 Å². The van der Waals surface area contributed by atoms with Gasteiger partial charge in [0, 0.05) is 32.7 Å². The molecule has 2 aromatic carbocycles. The summed E-state index contributed by atoms with van der Waals surface area (Å²) in [7, 11) is 3.23. The number of nitrogens with zero attached hydrogens (tertiary/aromatic N) is 2. The maximum absolute atomic E-state index is 12.5. The number of rotatable bonds is 6. The summed E-state index contributed by atoms with van der Waals surface area (Å²) in [5, 5.41) is 3.02. The molecule has 1 aliphatic heterocycles. The standard InChI is InChI=1S/C22H22ClN3O4/c1-13-6-8-15-16(11-13)22(30)26(21(15)29)10-4-5-19(27)24-14-7-9-18(23)17(12-14)20(28)25(2)3/h6-9,11-12H,4-5,10H2,1-3H3,(H,24,27). The lowest BCUT2D eigenvalue weighted by Crippen LogP contribution is -2.31. The summed E-state index contributed by atoms with van der Waals surface area (Å²) in [5.74, 6) is -1.21. The molecule has 156 valence electrons. The monoisotopic (exact) mass is 427 g/mol. The highest BCUT2D eigenvalue weighted by atomic mass is 35.5.